The summed E-state index contributed by atoms with van der Waals surface area (Å²) in [7, 11) is 0. The van der Waals surface area contributed by atoms with Gasteiger partial charge < -0.3 is 9.72 Å². The molecule has 1 aliphatic rings. The van der Waals surface area contributed by atoms with Gasteiger partial charge in [-0.05, 0) is 28.9 Å². The Bertz CT molecular complexity index is 475. The molecule has 1 aliphatic heterocycles. The number of likely N-dealkylation sites (N-methyl/N-ethyl adjacent to an activating group) is 1. The minimum atomic E-state index is -0.134. The van der Waals surface area contributed by atoms with Crippen LogP contribution in [0.25, 0.3) is 0 Å². The SMILES string of the molecule is CCc1nc(C2CN(CC)CCO2)[nH]c(=O)c1Br. The number of nitrogens with zero attached hydrogens (tertiary/aromatic N) is 2. The third-order valence-electron chi connectivity index (χ3n) is 3.19. The number of morpholine rings is 1. The second kappa shape index (κ2) is 5.95. The number of H-pyrrole nitrogens is 1. The van der Waals surface area contributed by atoms with Crippen molar-refractivity contribution in [2.24, 2.45) is 0 Å². The molecule has 0 amide bonds. The van der Waals surface area contributed by atoms with Crippen LogP contribution in [0.5, 0.6) is 0 Å². The molecule has 1 unspecified atom stereocenters. The van der Waals surface area contributed by atoms with Gasteiger partial charge in [0.25, 0.3) is 5.56 Å². The molecule has 0 bridgehead atoms. The number of aryl methyl sites for hydroxylation is 1. The number of aromatic amines is 1. The number of rotatable bonds is 3. The Morgan fingerprint density at radius 1 is 1.56 bits per heavy atom. The van der Waals surface area contributed by atoms with Crippen LogP contribution < -0.4 is 5.56 Å². The van der Waals surface area contributed by atoms with Crippen LogP contribution in [0.1, 0.15) is 31.5 Å². The van der Waals surface area contributed by atoms with E-state index in [0.717, 1.165) is 31.7 Å². The highest BCUT2D eigenvalue weighted by molar-refractivity contribution is 9.10. The van der Waals surface area contributed by atoms with Crippen LogP contribution >= 0.6 is 15.9 Å². The first kappa shape index (κ1) is 13.7. The van der Waals surface area contributed by atoms with Crippen LogP contribution in [0.4, 0.5) is 0 Å². The Balaban J connectivity index is 2.27. The Morgan fingerprint density at radius 2 is 2.33 bits per heavy atom. The van der Waals surface area contributed by atoms with Crippen molar-refractivity contribution in [1.82, 2.24) is 14.9 Å². The van der Waals surface area contributed by atoms with Crippen LogP contribution in [0.15, 0.2) is 9.27 Å². The summed E-state index contributed by atoms with van der Waals surface area (Å²) in [5.74, 6) is 0.637. The maximum atomic E-state index is 11.8. The summed E-state index contributed by atoms with van der Waals surface area (Å²) in [6.45, 7) is 7.49. The van der Waals surface area contributed by atoms with E-state index in [0.29, 0.717) is 16.9 Å². The lowest BCUT2D eigenvalue weighted by molar-refractivity contribution is -0.0328. The number of aromatic nitrogens is 2. The van der Waals surface area contributed by atoms with Gasteiger partial charge in [0.05, 0.1) is 12.3 Å². The van der Waals surface area contributed by atoms with E-state index >= 15 is 0 Å². The van der Waals surface area contributed by atoms with Gasteiger partial charge in [0.1, 0.15) is 16.4 Å². The fourth-order valence-electron chi connectivity index (χ4n) is 2.07. The number of hydrogen-bond acceptors (Lipinski definition) is 4. The monoisotopic (exact) mass is 315 g/mol. The summed E-state index contributed by atoms with van der Waals surface area (Å²) in [6, 6.07) is 0. The van der Waals surface area contributed by atoms with Crippen LogP contribution in [-0.2, 0) is 11.2 Å². The predicted octanol–water partition coefficient (Wildman–Crippen LogP) is 1.49. The molecule has 0 aliphatic carbocycles. The molecule has 5 nitrogen and oxygen atoms in total. The molecule has 0 spiro atoms. The average molecular weight is 316 g/mol. The van der Waals surface area contributed by atoms with Gasteiger partial charge in [0.2, 0.25) is 0 Å². The lowest BCUT2D eigenvalue weighted by Crippen LogP contribution is -2.39. The van der Waals surface area contributed by atoms with Crippen molar-refractivity contribution >= 4 is 15.9 Å². The van der Waals surface area contributed by atoms with E-state index in [-0.39, 0.29) is 11.7 Å². The lowest BCUT2D eigenvalue weighted by Gasteiger charge is -2.31. The molecule has 0 radical (unpaired) electrons. The summed E-state index contributed by atoms with van der Waals surface area (Å²) >= 11 is 3.27. The summed E-state index contributed by atoms with van der Waals surface area (Å²) < 4.78 is 6.23. The number of hydrogen-bond donors (Lipinski definition) is 1. The van der Waals surface area contributed by atoms with E-state index in [2.05, 4.69) is 37.7 Å². The van der Waals surface area contributed by atoms with Crippen LogP contribution in [-0.4, -0.2) is 41.1 Å². The summed E-state index contributed by atoms with van der Waals surface area (Å²) in [6.07, 6.45) is 0.589. The molecule has 100 valence electrons. The first-order valence-corrected chi connectivity index (χ1v) is 7.07. The zero-order valence-electron chi connectivity index (χ0n) is 10.7. The molecule has 2 rings (SSSR count). The average Bonchev–Trinajstić information content (AvgIpc) is 2.41. The summed E-state index contributed by atoms with van der Waals surface area (Å²) in [4.78, 5) is 21.4. The first-order chi connectivity index (χ1) is 8.65. The number of halogens is 1. The predicted molar refractivity (Wildman–Crippen MR) is 72.7 cm³/mol. The van der Waals surface area contributed by atoms with Gasteiger partial charge in [-0.25, -0.2) is 4.98 Å². The molecule has 1 atom stereocenters. The van der Waals surface area contributed by atoms with Gasteiger partial charge in [-0.2, -0.15) is 0 Å². The first-order valence-electron chi connectivity index (χ1n) is 6.28. The third kappa shape index (κ3) is 2.81. The molecule has 1 fully saturated rings. The molecule has 1 aromatic heterocycles. The molecule has 0 aromatic carbocycles. The van der Waals surface area contributed by atoms with Gasteiger partial charge in [-0.1, -0.05) is 13.8 Å². The van der Waals surface area contributed by atoms with Crippen LogP contribution in [0.2, 0.25) is 0 Å². The van der Waals surface area contributed by atoms with Crippen molar-refractivity contribution in [3.8, 4) is 0 Å². The maximum Gasteiger partial charge on any atom is 0.265 e. The standard InChI is InChI=1S/C12H18BrN3O2/c1-3-8-10(13)12(17)15-11(14-8)9-7-16(4-2)5-6-18-9/h9H,3-7H2,1-2H3,(H,14,15,17). The molecule has 0 saturated carbocycles. The second-order valence-corrected chi connectivity index (χ2v) is 5.11. The normalized spacial score (nSPS) is 21.2. The Kier molecular flexibility index (Phi) is 4.53. The van der Waals surface area contributed by atoms with Crippen molar-refractivity contribution in [3.63, 3.8) is 0 Å². The number of nitrogens with one attached hydrogen (secondary N) is 1. The maximum absolute atomic E-state index is 11.8. The van der Waals surface area contributed by atoms with Crippen molar-refractivity contribution in [2.75, 3.05) is 26.2 Å². The molecule has 1 N–H and O–H groups in total. The summed E-state index contributed by atoms with van der Waals surface area (Å²) in [5.41, 5.74) is 0.653. The van der Waals surface area contributed by atoms with E-state index in [9.17, 15) is 4.79 Å². The van der Waals surface area contributed by atoms with Crippen molar-refractivity contribution < 1.29 is 4.74 Å². The zero-order valence-corrected chi connectivity index (χ0v) is 12.3. The highest BCUT2D eigenvalue weighted by Gasteiger charge is 2.23. The van der Waals surface area contributed by atoms with Gasteiger partial charge in [0.15, 0.2) is 0 Å². The quantitative estimate of drug-likeness (QED) is 0.918. The van der Waals surface area contributed by atoms with Crippen molar-refractivity contribution in [2.45, 2.75) is 26.4 Å². The van der Waals surface area contributed by atoms with Gasteiger partial charge >= 0.3 is 0 Å². The smallest absolute Gasteiger partial charge is 0.265 e. The van der Waals surface area contributed by atoms with E-state index in [1.54, 1.807) is 0 Å². The van der Waals surface area contributed by atoms with Crippen LogP contribution in [0.3, 0.4) is 0 Å². The van der Waals surface area contributed by atoms with Crippen molar-refractivity contribution in [3.05, 3.63) is 26.3 Å². The van der Waals surface area contributed by atoms with Crippen LogP contribution in [0, 0.1) is 0 Å². The fraction of sp³-hybridized carbons (Fsp3) is 0.667. The topological polar surface area (TPSA) is 58.2 Å². The molecular weight excluding hydrogens is 298 g/mol. The summed E-state index contributed by atoms with van der Waals surface area (Å²) in [5, 5.41) is 0. The largest absolute Gasteiger partial charge is 0.368 e. The minimum Gasteiger partial charge on any atom is -0.368 e. The number of ether oxygens (including phenoxy) is 1. The molecule has 2 heterocycles. The van der Waals surface area contributed by atoms with Gasteiger partial charge in [-0.15, -0.1) is 0 Å². The fourth-order valence-corrected chi connectivity index (χ4v) is 2.53. The Hall–Kier alpha value is -0.720. The molecule has 1 saturated heterocycles. The van der Waals surface area contributed by atoms with Gasteiger partial charge in [-0.3, -0.25) is 9.69 Å². The molecule has 6 heteroatoms. The lowest BCUT2D eigenvalue weighted by atomic mass is 10.2. The molecule has 1 aromatic rings. The highest BCUT2D eigenvalue weighted by Crippen LogP contribution is 2.20. The van der Waals surface area contributed by atoms with E-state index in [1.165, 1.54) is 0 Å². The van der Waals surface area contributed by atoms with E-state index in [4.69, 9.17) is 4.74 Å². The third-order valence-corrected chi connectivity index (χ3v) is 4.01. The minimum absolute atomic E-state index is 0.130. The molecule has 18 heavy (non-hydrogen) atoms. The molecular formula is C12H18BrN3O2. The van der Waals surface area contributed by atoms with Crippen molar-refractivity contribution in [1.29, 1.82) is 0 Å². The highest BCUT2D eigenvalue weighted by atomic mass is 79.9. The van der Waals surface area contributed by atoms with E-state index in [1.807, 2.05) is 6.92 Å². The van der Waals surface area contributed by atoms with E-state index < -0.39 is 0 Å². The van der Waals surface area contributed by atoms with Gasteiger partial charge in [0, 0.05) is 13.1 Å². The second-order valence-electron chi connectivity index (χ2n) is 4.32. The zero-order chi connectivity index (χ0) is 13.1. The Labute approximate surface area is 115 Å². The Morgan fingerprint density at radius 3 is 3.00 bits per heavy atom.